The minimum Gasteiger partial charge on any atom is -0.394 e. The number of halogens is 1. The van der Waals surface area contributed by atoms with Crippen LogP contribution in [0.3, 0.4) is 0 Å². The normalized spacial score (nSPS) is 29.5. The number of aliphatic hydroxyl groups excluding tert-OH is 4. The quantitative estimate of drug-likeness (QED) is 0.637. The molecule has 0 saturated carbocycles. The average molecular weight is 377 g/mol. The van der Waals surface area contributed by atoms with Crippen LogP contribution in [0.1, 0.15) is 24.0 Å². The van der Waals surface area contributed by atoms with Crippen LogP contribution in [0.2, 0.25) is 0 Å². The van der Waals surface area contributed by atoms with Gasteiger partial charge in [0.15, 0.2) is 0 Å². The van der Waals surface area contributed by atoms with Gasteiger partial charge in [-0.25, -0.2) is 4.39 Å². The van der Waals surface area contributed by atoms with Gasteiger partial charge in [0.05, 0.1) is 18.9 Å². The predicted molar refractivity (Wildman–Crippen MR) is 96.6 cm³/mol. The van der Waals surface area contributed by atoms with E-state index < -0.39 is 42.9 Å². The van der Waals surface area contributed by atoms with Crippen LogP contribution in [0.4, 0.5) is 4.39 Å². The Morgan fingerprint density at radius 2 is 1.81 bits per heavy atom. The van der Waals surface area contributed by atoms with E-state index in [0.717, 1.165) is 22.9 Å². The Morgan fingerprint density at radius 1 is 1.07 bits per heavy atom. The molecule has 1 aromatic heterocycles. The SMILES string of the molecule is Cc1cc(-c2cncc(F)c2)ccc1[C@@H](C)[C@H]1O[C@H](CO)[C@@H](O)[C@H](O)[C@@H]1O. The van der Waals surface area contributed by atoms with Gasteiger partial charge in [0, 0.05) is 17.7 Å². The molecule has 2 aromatic rings. The number of hydrogen-bond acceptors (Lipinski definition) is 6. The highest BCUT2D eigenvalue weighted by molar-refractivity contribution is 5.64. The molecule has 4 N–H and O–H groups in total. The number of pyridine rings is 1. The molecule has 7 heteroatoms. The summed E-state index contributed by atoms with van der Waals surface area (Å²) >= 11 is 0. The van der Waals surface area contributed by atoms with Gasteiger partial charge in [-0.1, -0.05) is 25.1 Å². The van der Waals surface area contributed by atoms with Crippen molar-refractivity contribution in [2.24, 2.45) is 0 Å². The van der Waals surface area contributed by atoms with Crippen LogP contribution in [-0.4, -0.2) is 62.5 Å². The molecule has 6 atom stereocenters. The Morgan fingerprint density at radius 3 is 2.44 bits per heavy atom. The van der Waals surface area contributed by atoms with E-state index in [1.54, 1.807) is 6.20 Å². The number of aliphatic hydroxyl groups is 4. The molecule has 0 spiro atoms. The van der Waals surface area contributed by atoms with E-state index in [1.165, 1.54) is 6.07 Å². The predicted octanol–water partition coefficient (Wildman–Crippen LogP) is 1.14. The fourth-order valence-corrected chi connectivity index (χ4v) is 3.66. The van der Waals surface area contributed by atoms with Crippen LogP contribution in [0.5, 0.6) is 0 Å². The molecular weight excluding hydrogens is 353 g/mol. The summed E-state index contributed by atoms with van der Waals surface area (Å²) < 4.78 is 19.1. The van der Waals surface area contributed by atoms with Crippen molar-refractivity contribution < 1.29 is 29.6 Å². The Kier molecular flexibility index (Phi) is 5.88. The Bertz CT molecular complexity index is 800. The van der Waals surface area contributed by atoms with Crippen molar-refractivity contribution in [1.29, 1.82) is 0 Å². The highest BCUT2D eigenvalue weighted by Gasteiger charge is 2.45. The number of ether oxygens (including phenoxy) is 1. The standard InChI is InChI=1S/C20H24FNO5/c1-10-5-12(13-6-14(21)8-22-7-13)3-4-15(10)11(2)20-19(26)18(25)17(24)16(9-23)27-20/h3-8,11,16-20,23-26H,9H2,1-2H3/t11-,16-,17-,18+,19+,20-/m1/s1. The number of benzene rings is 1. The summed E-state index contributed by atoms with van der Waals surface area (Å²) in [6.07, 6.45) is -3.07. The van der Waals surface area contributed by atoms with Gasteiger partial charge in [0.1, 0.15) is 30.2 Å². The molecule has 146 valence electrons. The van der Waals surface area contributed by atoms with Gasteiger partial charge in [0.2, 0.25) is 0 Å². The maximum atomic E-state index is 13.4. The number of nitrogens with zero attached hydrogens (tertiary/aromatic N) is 1. The third-order valence-electron chi connectivity index (χ3n) is 5.22. The summed E-state index contributed by atoms with van der Waals surface area (Å²) in [6.45, 7) is 3.28. The molecule has 1 aliphatic heterocycles. The molecule has 27 heavy (non-hydrogen) atoms. The molecule has 0 bridgehead atoms. The third kappa shape index (κ3) is 3.88. The van der Waals surface area contributed by atoms with E-state index in [-0.39, 0.29) is 5.92 Å². The fraction of sp³-hybridized carbons (Fsp3) is 0.450. The van der Waals surface area contributed by atoms with Gasteiger partial charge in [0.25, 0.3) is 0 Å². The van der Waals surface area contributed by atoms with Crippen LogP contribution in [0.15, 0.2) is 36.7 Å². The van der Waals surface area contributed by atoms with Gasteiger partial charge < -0.3 is 25.2 Å². The van der Waals surface area contributed by atoms with Crippen molar-refractivity contribution in [2.45, 2.75) is 50.3 Å². The van der Waals surface area contributed by atoms with Crippen LogP contribution in [0, 0.1) is 12.7 Å². The minimum absolute atomic E-state index is 0.309. The Balaban J connectivity index is 1.87. The highest BCUT2D eigenvalue weighted by atomic mass is 19.1. The number of aromatic nitrogens is 1. The summed E-state index contributed by atoms with van der Waals surface area (Å²) in [7, 11) is 0. The lowest BCUT2D eigenvalue weighted by atomic mass is 9.83. The zero-order valence-electron chi connectivity index (χ0n) is 15.2. The molecule has 0 amide bonds. The summed E-state index contributed by atoms with van der Waals surface area (Å²) in [4.78, 5) is 3.86. The first-order valence-corrected chi connectivity index (χ1v) is 8.85. The molecule has 0 aliphatic carbocycles. The van der Waals surface area contributed by atoms with Gasteiger partial charge in [-0.3, -0.25) is 4.98 Å². The highest BCUT2D eigenvalue weighted by Crippen LogP contribution is 2.34. The van der Waals surface area contributed by atoms with Crippen LogP contribution in [-0.2, 0) is 4.74 Å². The number of hydrogen-bond donors (Lipinski definition) is 4. The lowest BCUT2D eigenvalue weighted by Crippen LogP contribution is -2.59. The molecule has 1 fully saturated rings. The van der Waals surface area contributed by atoms with E-state index in [2.05, 4.69) is 4.98 Å². The summed E-state index contributed by atoms with van der Waals surface area (Å²) in [5.41, 5.74) is 3.25. The van der Waals surface area contributed by atoms with Crippen molar-refractivity contribution in [1.82, 2.24) is 4.98 Å². The maximum absolute atomic E-state index is 13.4. The zero-order valence-corrected chi connectivity index (χ0v) is 15.2. The van der Waals surface area contributed by atoms with E-state index >= 15 is 0 Å². The Labute approximate surface area is 156 Å². The molecule has 0 unspecified atom stereocenters. The second kappa shape index (κ2) is 8.00. The first-order chi connectivity index (χ1) is 12.8. The second-order valence-electron chi connectivity index (χ2n) is 7.05. The summed E-state index contributed by atoms with van der Waals surface area (Å²) in [6, 6.07) is 7.00. The molecular formula is C20H24FNO5. The molecule has 3 rings (SSSR count). The maximum Gasteiger partial charge on any atom is 0.142 e. The van der Waals surface area contributed by atoms with E-state index in [1.807, 2.05) is 32.0 Å². The van der Waals surface area contributed by atoms with Crippen molar-refractivity contribution in [3.63, 3.8) is 0 Å². The average Bonchev–Trinajstić information content (AvgIpc) is 2.66. The largest absolute Gasteiger partial charge is 0.394 e. The fourth-order valence-electron chi connectivity index (χ4n) is 3.66. The first-order valence-electron chi connectivity index (χ1n) is 8.85. The topological polar surface area (TPSA) is 103 Å². The van der Waals surface area contributed by atoms with E-state index in [9.17, 15) is 24.8 Å². The summed E-state index contributed by atoms with van der Waals surface area (Å²) in [5, 5.41) is 39.7. The van der Waals surface area contributed by atoms with E-state index in [4.69, 9.17) is 4.74 Å². The molecule has 6 nitrogen and oxygen atoms in total. The molecule has 1 aromatic carbocycles. The van der Waals surface area contributed by atoms with Crippen molar-refractivity contribution in [3.05, 3.63) is 53.6 Å². The molecule has 1 saturated heterocycles. The van der Waals surface area contributed by atoms with Gasteiger partial charge in [-0.2, -0.15) is 0 Å². The van der Waals surface area contributed by atoms with Crippen molar-refractivity contribution in [2.75, 3.05) is 6.61 Å². The molecule has 0 radical (unpaired) electrons. The number of aryl methyl sites for hydroxylation is 1. The van der Waals surface area contributed by atoms with E-state index in [0.29, 0.717) is 5.56 Å². The summed E-state index contributed by atoms with van der Waals surface area (Å²) in [5.74, 6) is -0.722. The third-order valence-corrected chi connectivity index (χ3v) is 5.22. The number of rotatable bonds is 4. The van der Waals surface area contributed by atoms with Crippen molar-refractivity contribution >= 4 is 0 Å². The molecule has 1 aliphatic rings. The van der Waals surface area contributed by atoms with Crippen molar-refractivity contribution in [3.8, 4) is 11.1 Å². The molecule has 2 heterocycles. The van der Waals surface area contributed by atoms with Gasteiger partial charge in [-0.15, -0.1) is 0 Å². The second-order valence-corrected chi connectivity index (χ2v) is 7.05. The van der Waals surface area contributed by atoms with Crippen LogP contribution < -0.4 is 0 Å². The smallest absolute Gasteiger partial charge is 0.142 e. The zero-order chi connectivity index (χ0) is 19.7. The lowest BCUT2D eigenvalue weighted by molar-refractivity contribution is -0.233. The lowest BCUT2D eigenvalue weighted by Gasteiger charge is -2.42. The monoisotopic (exact) mass is 377 g/mol. The van der Waals surface area contributed by atoms with Gasteiger partial charge >= 0.3 is 0 Å². The first kappa shape index (κ1) is 19.9. The van der Waals surface area contributed by atoms with Crippen LogP contribution in [0.25, 0.3) is 11.1 Å². The van der Waals surface area contributed by atoms with Crippen LogP contribution >= 0.6 is 0 Å². The Hall–Kier alpha value is -1.90. The van der Waals surface area contributed by atoms with Gasteiger partial charge in [-0.05, 0) is 29.7 Å². The minimum atomic E-state index is -1.40.